The van der Waals surface area contributed by atoms with Crippen LogP contribution in [0.3, 0.4) is 0 Å². The summed E-state index contributed by atoms with van der Waals surface area (Å²) in [4.78, 5) is 16.8. The lowest BCUT2D eigenvalue weighted by Crippen LogP contribution is -2.37. The van der Waals surface area contributed by atoms with Gasteiger partial charge in [0.2, 0.25) is 5.91 Å². The summed E-state index contributed by atoms with van der Waals surface area (Å²) in [6, 6.07) is 3.71. The highest BCUT2D eigenvalue weighted by Crippen LogP contribution is 2.32. The topological polar surface area (TPSA) is 101 Å². The number of piperidine rings is 1. The second kappa shape index (κ2) is 9.89. The van der Waals surface area contributed by atoms with E-state index >= 15 is 0 Å². The van der Waals surface area contributed by atoms with Gasteiger partial charge in [0.15, 0.2) is 0 Å². The average molecular weight is 445 g/mol. The van der Waals surface area contributed by atoms with Crippen LogP contribution in [-0.2, 0) is 9.53 Å². The number of rotatable bonds is 6. The Morgan fingerprint density at radius 3 is 2.90 bits per heavy atom. The number of hydrogen-bond acceptors (Lipinski definition) is 7. The van der Waals surface area contributed by atoms with Gasteiger partial charge in [-0.2, -0.15) is 5.10 Å². The number of anilines is 2. The molecule has 0 spiro atoms. The zero-order valence-electron chi connectivity index (χ0n) is 17.8. The molecule has 0 radical (unpaired) electrons. The van der Waals surface area contributed by atoms with E-state index < -0.39 is 0 Å². The molecule has 2 aliphatic rings. The first-order valence-corrected chi connectivity index (χ1v) is 11.2. The number of hydrogen-bond donors (Lipinski definition) is 3. The van der Waals surface area contributed by atoms with Gasteiger partial charge in [-0.1, -0.05) is 18.5 Å². The molecule has 2 fully saturated rings. The number of carbonyl (C=O) groups excluding carboxylic acids is 1. The maximum atomic E-state index is 12.6. The summed E-state index contributed by atoms with van der Waals surface area (Å²) in [5.74, 6) is 1.11. The minimum Gasteiger partial charge on any atom is -0.381 e. The SMILES string of the molecule is CC1(CNc2cc(-c3cc(NC(=O)C4CCCNC4)ncc3Cl)cnn2)CCOCC1. The fourth-order valence-corrected chi connectivity index (χ4v) is 4.19. The van der Waals surface area contributed by atoms with Crippen molar-refractivity contribution in [3.63, 3.8) is 0 Å². The van der Waals surface area contributed by atoms with Crippen molar-refractivity contribution in [3.05, 3.63) is 29.5 Å². The molecule has 0 bridgehead atoms. The van der Waals surface area contributed by atoms with Gasteiger partial charge in [-0.3, -0.25) is 4.79 Å². The molecular weight excluding hydrogens is 416 g/mol. The van der Waals surface area contributed by atoms with Crippen LogP contribution in [-0.4, -0.2) is 53.9 Å². The molecule has 2 saturated heterocycles. The van der Waals surface area contributed by atoms with Crippen molar-refractivity contribution >= 4 is 29.1 Å². The maximum Gasteiger partial charge on any atom is 0.229 e. The molecule has 4 rings (SSSR count). The first-order chi connectivity index (χ1) is 15.0. The molecular formula is C22H29ClN6O2. The highest BCUT2D eigenvalue weighted by Gasteiger charge is 2.27. The lowest BCUT2D eigenvalue weighted by molar-refractivity contribution is -0.120. The maximum absolute atomic E-state index is 12.6. The summed E-state index contributed by atoms with van der Waals surface area (Å²) in [7, 11) is 0. The van der Waals surface area contributed by atoms with Crippen LogP contribution in [0.4, 0.5) is 11.6 Å². The van der Waals surface area contributed by atoms with E-state index in [1.165, 1.54) is 0 Å². The highest BCUT2D eigenvalue weighted by atomic mass is 35.5. The minimum atomic E-state index is -0.0420. The number of nitrogens with one attached hydrogen (secondary N) is 3. The molecule has 0 aromatic carbocycles. The fourth-order valence-electron chi connectivity index (χ4n) is 3.98. The Morgan fingerprint density at radius 1 is 1.29 bits per heavy atom. The van der Waals surface area contributed by atoms with Gasteiger partial charge in [0.05, 0.1) is 17.1 Å². The third kappa shape index (κ3) is 5.70. The molecule has 0 aliphatic carbocycles. The van der Waals surface area contributed by atoms with Crippen LogP contribution >= 0.6 is 11.6 Å². The number of aromatic nitrogens is 3. The highest BCUT2D eigenvalue weighted by molar-refractivity contribution is 6.33. The van der Waals surface area contributed by atoms with Crippen LogP contribution in [0.25, 0.3) is 11.1 Å². The van der Waals surface area contributed by atoms with E-state index in [1.807, 2.05) is 6.07 Å². The van der Waals surface area contributed by atoms with E-state index in [1.54, 1.807) is 18.5 Å². The molecule has 2 aliphatic heterocycles. The Labute approximate surface area is 187 Å². The standard InChI is InChI=1S/C22H29ClN6O2/c1-22(4-7-31-8-5-22)14-26-20-9-16(12-27-29-20)17-10-19(25-13-18(17)23)28-21(30)15-3-2-6-24-11-15/h9-10,12-13,15,24H,2-8,11,14H2,1H3,(H,26,29)(H,25,28,30). The van der Waals surface area contributed by atoms with E-state index in [0.717, 1.165) is 63.1 Å². The monoisotopic (exact) mass is 444 g/mol. The molecule has 1 unspecified atom stereocenters. The summed E-state index contributed by atoms with van der Waals surface area (Å²) in [5, 5.41) is 18.4. The molecule has 2 aromatic rings. The van der Waals surface area contributed by atoms with Gasteiger partial charge in [0.25, 0.3) is 0 Å². The summed E-state index contributed by atoms with van der Waals surface area (Å²) < 4.78 is 5.47. The number of pyridine rings is 1. The predicted octanol–water partition coefficient (Wildman–Crippen LogP) is 3.36. The summed E-state index contributed by atoms with van der Waals surface area (Å²) in [6.07, 6.45) is 7.14. The van der Waals surface area contributed by atoms with Crippen LogP contribution in [0.15, 0.2) is 24.5 Å². The molecule has 4 heterocycles. The summed E-state index contributed by atoms with van der Waals surface area (Å²) >= 11 is 6.42. The Kier molecular flexibility index (Phi) is 6.99. The van der Waals surface area contributed by atoms with Crippen LogP contribution in [0, 0.1) is 11.3 Å². The second-order valence-corrected chi connectivity index (χ2v) is 9.10. The quantitative estimate of drug-likeness (QED) is 0.627. The van der Waals surface area contributed by atoms with Crippen molar-refractivity contribution in [1.29, 1.82) is 0 Å². The predicted molar refractivity (Wildman–Crippen MR) is 121 cm³/mol. The third-order valence-corrected chi connectivity index (χ3v) is 6.44. The van der Waals surface area contributed by atoms with Gasteiger partial charge >= 0.3 is 0 Å². The molecule has 2 aromatic heterocycles. The number of nitrogens with zero attached hydrogens (tertiary/aromatic N) is 3. The van der Waals surface area contributed by atoms with Gasteiger partial charge in [-0.05, 0) is 49.8 Å². The number of amides is 1. The van der Waals surface area contributed by atoms with Crippen molar-refractivity contribution < 1.29 is 9.53 Å². The second-order valence-electron chi connectivity index (χ2n) is 8.69. The minimum absolute atomic E-state index is 0.0205. The van der Waals surface area contributed by atoms with Gasteiger partial charge in [0, 0.05) is 43.6 Å². The van der Waals surface area contributed by atoms with Crippen LogP contribution in [0.1, 0.15) is 32.6 Å². The lowest BCUT2D eigenvalue weighted by Gasteiger charge is -2.33. The van der Waals surface area contributed by atoms with Crippen LogP contribution < -0.4 is 16.0 Å². The molecule has 3 N–H and O–H groups in total. The summed E-state index contributed by atoms with van der Waals surface area (Å²) in [6.45, 7) is 6.31. The smallest absolute Gasteiger partial charge is 0.229 e. The van der Waals surface area contributed by atoms with Crippen molar-refractivity contribution in [2.75, 3.05) is 43.5 Å². The van der Waals surface area contributed by atoms with Crippen molar-refractivity contribution in [1.82, 2.24) is 20.5 Å². The molecule has 166 valence electrons. The van der Waals surface area contributed by atoms with Crippen LogP contribution in [0.2, 0.25) is 5.02 Å². The Hall–Kier alpha value is -2.29. The van der Waals surface area contributed by atoms with E-state index in [4.69, 9.17) is 16.3 Å². The third-order valence-electron chi connectivity index (χ3n) is 6.14. The van der Waals surface area contributed by atoms with E-state index in [2.05, 4.69) is 38.1 Å². The normalized spacial score (nSPS) is 20.8. The number of carbonyl (C=O) groups is 1. The molecule has 9 heteroatoms. The molecule has 0 saturated carbocycles. The van der Waals surface area contributed by atoms with Crippen LogP contribution in [0.5, 0.6) is 0 Å². The van der Waals surface area contributed by atoms with E-state index in [-0.39, 0.29) is 17.2 Å². The van der Waals surface area contributed by atoms with Crippen molar-refractivity contribution in [2.24, 2.45) is 11.3 Å². The van der Waals surface area contributed by atoms with Crippen molar-refractivity contribution in [3.8, 4) is 11.1 Å². The van der Waals surface area contributed by atoms with Gasteiger partial charge in [-0.15, -0.1) is 5.10 Å². The first-order valence-electron chi connectivity index (χ1n) is 10.8. The fraction of sp³-hybridized carbons (Fsp3) is 0.545. The Balaban J connectivity index is 1.46. The van der Waals surface area contributed by atoms with E-state index in [0.29, 0.717) is 23.2 Å². The average Bonchev–Trinajstić information content (AvgIpc) is 2.80. The summed E-state index contributed by atoms with van der Waals surface area (Å²) in [5.41, 5.74) is 1.75. The Bertz CT molecular complexity index is 913. The van der Waals surface area contributed by atoms with E-state index in [9.17, 15) is 4.79 Å². The van der Waals surface area contributed by atoms with Crippen molar-refractivity contribution in [2.45, 2.75) is 32.6 Å². The zero-order chi connectivity index (χ0) is 21.7. The van der Waals surface area contributed by atoms with Gasteiger partial charge in [0.1, 0.15) is 11.6 Å². The number of ether oxygens (including phenoxy) is 1. The molecule has 31 heavy (non-hydrogen) atoms. The molecule has 1 atom stereocenters. The molecule has 1 amide bonds. The zero-order valence-corrected chi connectivity index (χ0v) is 18.5. The molecule has 8 nitrogen and oxygen atoms in total. The first kappa shape index (κ1) is 21.9. The van der Waals surface area contributed by atoms with Gasteiger partial charge in [-0.25, -0.2) is 4.98 Å². The van der Waals surface area contributed by atoms with Gasteiger partial charge < -0.3 is 20.7 Å². The Morgan fingerprint density at radius 2 is 2.13 bits per heavy atom. The largest absolute Gasteiger partial charge is 0.381 e. The lowest BCUT2D eigenvalue weighted by atomic mass is 9.82. The number of halogens is 1.